The molecule has 4 heteroatoms. The van der Waals surface area contributed by atoms with E-state index in [0.717, 1.165) is 0 Å². The molecule has 1 atom stereocenters. The first-order valence-electron chi connectivity index (χ1n) is 4.47. The maximum atomic E-state index is 8.87. The van der Waals surface area contributed by atoms with Crippen molar-refractivity contribution in [3.8, 4) is 6.07 Å². The van der Waals surface area contributed by atoms with Crippen molar-refractivity contribution >= 4 is 0 Å². The summed E-state index contributed by atoms with van der Waals surface area (Å²) < 4.78 is 5.38. The fourth-order valence-corrected chi connectivity index (χ4v) is 0.994. The molecule has 0 aliphatic heterocycles. The van der Waals surface area contributed by atoms with Crippen molar-refractivity contribution < 1.29 is 4.74 Å². The third-order valence-electron chi connectivity index (χ3n) is 1.63. The smallest absolute Gasteiger partial charge is 0.172 e. The van der Waals surface area contributed by atoms with Crippen LogP contribution in [0, 0.1) is 18.3 Å². The van der Waals surface area contributed by atoms with Crippen molar-refractivity contribution in [3.05, 3.63) is 23.8 Å². The molecule has 0 saturated carbocycles. The molecule has 0 aromatic carbocycles. The summed E-state index contributed by atoms with van der Waals surface area (Å²) in [6, 6.07) is 2.07. The van der Waals surface area contributed by atoms with Crippen molar-refractivity contribution in [1.29, 1.82) is 5.26 Å². The van der Waals surface area contributed by atoms with Crippen molar-refractivity contribution in [2.75, 3.05) is 0 Å². The van der Waals surface area contributed by atoms with Crippen LogP contribution in [0.3, 0.4) is 0 Å². The third kappa shape index (κ3) is 2.79. The molecule has 0 radical (unpaired) electrons. The molecule has 0 aliphatic carbocycles. The summed E-state index contributed by atoms with van der Waals surface area (Å²) in [5.41, 5.74) is 0.701. The number of aryl methyl sites for hydroxylation is 1. The molecular formula is C10H13N3O. The summed E-state index contributed by atoms with van der Waals surface area (Å²) in [7, 11) is 0. The highest BCUT2D eigenvalue weighted by Gasteiger charge is 2.13. The lowest BCUT2D eigenvalue weighted by Crippen LogP contribution is -2.09. The Kier molecular flexibility index (Phi) is 3.55. The molecule has 1 aromatic rings. The normalized spacial score (nSPS) is 12.5. The molecule has 4 nitrogen and oxygen atoms in total. The topological polar surface area (TPSA) is 58.8 Å². The van der Waals surface area contributed by atoms with Crippen molar-refractivity contribution in [1.82, 2.24) is 9.97 Å². The average molecular weight is 191 g/mol. The Morgan fingerprint density at radius 1 is 1.36 bits per heavy atom. The van der Waals surface area contributed by atoms with Crippen LogP contribution < -0.4 is 0 Å². The summed E-state index contributed by atoms with van der Waals surface area (Å²) in [6.07, 6.45) is 2.69. The Hall–Kier alpha value is -1.47. The van der Waals surface area contributed by atoms with E-state index in [-0.39, 0.29) is 6.10 Å². The second-order valence-corrected chi connectivity index (χ2v) is 3.26. The van der Waals surface area contributed by atoms with E-state index in [9.17, 15) is 0 Å². The van der Waals surface area contributed by atoms with Gasteiger partial charge in [-0.2, -0.15) is 5.26 Å². The highest BCUT2D eigenvalue weighted by atomic mass is 16.5. The van der Waals surface area contributed by atoms with Gasteiger partial charge in [-0.15, -0.1) is 0 Å². The number of hydrogen-bond acceptors (Lipinski definition) is 4. The van der Waals surface area contributed by atoms with Crippen LogP contribution in [0.4, 0.5) is 0 Å². The molecule has 1 aromatic heterocycles. The summed E-state index contributed by atoms with van der Waals surface area (Å²) in [5, 5.41) is 8.87. The van der Waals surface area contributed by atoms with Crippen molar-refractivity contribution in [2.24, 2.45) is 0 Å². The first kappa shape index (κ1) is 10.6. The minimum absolute atomic E-state index is 0.0148. The van der Waals surface area contributed by atoms with Crippen LogP contribution in [0.1, 0.15) is 31.3 Å². The molecule has 0 spiro atoms. The van der Waals surface area contributed by atoms with E-state index in [4.69, 9.17) is 10.00 Å². The summed E-state index contributed by atoms with van der Waals surface area (Å²) in [5.74, 6) is 0.690. The van der Waals surface area contributed by atoms with E-state index in [1.807, 2.05) is 13.8 Å². The van der Waals surface area contributed by atoms with Gasteiger partial charge in [-0.1, -0.05) is 0 Å². The van der Waals surface area contributed by atoms with Crippen molar-refractivity contribution in [2.45, 2.75) is 33.0 Å². The highest BCUT2D eigenvalue weighted by Crippen LogP contribution is 2.16. The van der Waals surface area contributed by atoms with E-state index in [1.165, 1.54) is 0 Å². The monoisotopic (exact) mass is 191 g/mol. The van der Waals surface area contributed by atoms with Gasteiger partial charge in [0.1, 0.15) is 5.82 Å². The first-order chi connectivity index (χ1) is 6.63. The summed E-state index contributed by atoms with van der Waals surface area (Å²) >= 11 is 0. The van der Waals surface area contributed by atoms with Gasteiger partial charge in [0.15, 0.2) is 6.10 Å². The SMILES string of the molecule is Cc1ncc(C(C#N)OC(C)C)cn1. The number of hydrogen-bond donors (Lipinski definition) is 0. The van der Waals surface area contributed by atoms with Gasteiger partial charge in [-0.05, 0) is 20.8 Å². The lowest BCUT2D eigenvalue weighted by Gasteiger charge is -2.13. The highest BCUT2D eigenvalue weighted by molar-refractivity contribution is 5.15. The van der Waals surface area contributed by atoms with Gasteiger partial charge in [0, 0.05) is 18.0 Å². The second kappa shape index (κ2) is 4.68. The molecule has 0 N–H and O–H groups in total. The average Bonchev–Trinajstić information content (AvgIpc) is 2.15. The Bertz CT molecular complexity index is 326. The third-order valence-corrected chi connectivity index (χ3v) is 1.63. The molecule has 0 bridgehead atoms. The Labute approximate surface area is 83.6 Å². The van der Waals surface area contributed by atoms with Gasteiger partial charge in [-0.25, -0.2) is 9.97 Å². The van der Waals surface area contributed by atoms with Crippen LogP contribution >= 0.6 is 0 Å². The van der Waals surface area contributed by atoms with Crippen LogP contribution in [0.2, 0.25) is 0 Å². The lowest BCUT2D eigenvalue weighted by molar-refractivity contribution is 0.0388. The number of aromatic nitrogens is 2. The lowest BCUT2D eigenvalue weighted by atomic mass is 10.2. The molecule has 0 amide bonds. The molecule has 0 saturated heterocycles. The Morgan fingerprint density at radius 2 is 1.93 bits per heavy atom. The predicted octanol–water partition coefficient (Wildman–Crippen LogP) is 1.77. The van der Waals surface area contributed by atoms with Gasteiger partial charge in [0.05, 0.1) is 12.2 Å². The zero-order valence-corrected chi connectivity index (χ0v) is 8.56. The summed E-state index contributed by atoms with van der Waals surface area (Å²) in [6.45, 7) is 5.58. The zero-order valence-electron chi connectivity index (χ0n) is 8.56. The molecule has 0 aliphatic rings. The standard InChI is InChI=1S/C10H13N3O/c1-7(2)14-10(4-11)9-5-12-8(3)13-6-9/h5-7,10H,1-3H3. The minimum atomic E-state index is -0.574. The molecule has 1 unspecified atom stereocenters. The van der Waals surface area contributed by atoms with Crippen LogP contribution in [0.5, 0.6) is 0 Å². The van der Waals surface area contributed by atoms with E-state index in [0.29, 0.717) is 11.4 Å². The second-order valence-electron chi connectivity index (χ2n) is 3.26. The van der Waals surface area contributed by atoms with E-state index in [2.05, 4.69) is 16.0 Å². The van der Waals surface area contributed by atoms with Crippen LogP contribution in [-0.4, -0.2) is 16.1 Å². The van der Waals surface area contributed by atoms with Crippen LogP contribution in [0.25, 0.3) is 0 Å². The summed E-state index contributed by atoms with van der Waals surface area (Å²) in [4.78, 5) is 8.03. The Balaban J connectivity index is 2.80. The Morgan fingerprint density at radius 3 is 2.36 bits per heavy atom. The van der Waals surface area contributed by atoms with Crippen molar-refractivity contribution in [3.63, 3.8) is 0 Å². The molecule has 1 rings (SSSR count). The van der Waals surface area contributed by atoms with Crippen LogP contribution in [0.15, 0.2) is 12.4 Å². The minimum Gasteiger partial charge on any atom is -0.356 e. The van der Waals surface area contributed by atoms with E-state index < -0.39 is 6.10 Å². The number of rotatable bonds is 3. The predicted molar refractivity (Wildman–Crippen MR) is 51.3 cm³/mol. The fourth-order valence-electron chi connectivity index (χ4n) is 0.994. The zero-order chi connectivity index (χ0) is 10.6. The molecule has 0 fully saturated rings. The van der Waals surface area contributed by atoms with Gasteiger partial charge in [-0.3, -0.25) is 0 Å². The first-order valence-corrected chi connectivity index (χ1v) is 4.47. The van der Waals surface area contributed by atoms with Gasteiger partial charge in [0.2, 0.25) is 0 Å². The largest absolute Gasteiger partial charge is 0.356 e. The van der Waals surface area contributed by atoms with Gasteiger partial charge in [0.25, 0.3) is 0 Å². The number of nitrogens with zero attached hydrogens (tertiary/aromatic N) is 3. The fraction of sp³-hybridized carbons (Fsp3) is 0.500. The quantitative estimate of drug-likeness (QED) is 0.730. The maximum Gasteiger partial charge on any atom is 0.172 e. The van der Waals surface area contributed by atoms with Crippen LogP contribution in [-0.2, 0) is 4.74 Å². The molecular weight excluding hydrogens is 178 g/mol. The number of ether oxygens (including phenoxy) is 1. The van der Waals surface area contributed by atoms with Gasteiger partial charge < -0.3 is 4.74 Å². The maximum absolute atomic E-state index is 8.87. The van der Waals surface area contributed by atoms with E-state index >= 15 is 0 Å². The van der Waals surface area contributed by atoms with E-state index in [1.54, 1.807) is 19.3 Å². The number of nitriles is 1. The molecule has 1 heterocycles. The molecule has 74 valence electrons. The molecule has 14 heavy (non-hydrogen) atoms. The van der Waals surface area contributed by atoms with Gasteiger partial charge >= 0.3 is 0 Å².